The first-order valence-corrected chi connectivity index (χ1v) is 14.3. The first kappa shape index (κ1) is 23.2. The van der Waals surface area contributed by atoms with Crippen molar-refractivity contribution < 1.29 is 22.3 Å². The molecule has 0 spiro atoms. The van der Waals surface area contributed by atoms with E-state index < -0.39 is 22.7 Å². The van der Waals surface area contributed by atoms with Gasteiger partial charge >= 0.3 is 6.55 Å². The Hall–Kier alpha value is -2.22. The summed E-state index contributed by atoms with van der Waals surface area (Å²) in [5.74, 6) is 0.504. The third-order valence-corrected chi connectivity index (χ3v) is 10.3. The molecular weight excluding hydrogens is 498 g/mol. The Labute approximate surface area is 205 Å². The van der Waals surface area contributed by atoms with Gasteiger partial charge in [-0.3, -0.25) is 4.99 Å². The number of thiazole rings is 1. The van der Waals surface area contributed by atoms with Gasteiger partial charge in [-0.2, -0.15) is 18.2 Å². The Bertz CT molecular complexity index is 1260. The average Bonchev–Trinajstić information content (AvgIpc) is 3.59. The average molecular weight is 525 g/mol. The van der Waals surface area contributed by atoms with Crippen molar-refractivity contribution in [3.63, 3.8) is 0 Å². The van der Waals surface area contributed by atoms with Crippen LogP contribution >= 0.6 is 11.3 Å². The zero-order chi connectivity index (χ0) is 24.3. The van der Waals surface area contributed by atoms with Crippen LogP contribution in [0.25, 0.3) is 5.57 Å². The Balaban J connectivity index is 1.29. The van der Waals surface area contributed by atoms with Crippen LogP contribution in [0, 0.1) is 5.92 Å². The molecule has 3 fully saturated rings. The number of halogens is 2. The fraction of sp³-hybridized carbons (Fsp3) is 0.591. The largest absolute Gasteiger partial charge is 0.393 e. The van der Waals surface area contributed by atoms with Crippen molar-refractivity contribution in [3.8, 4) is 0 Å². The maximum absolute atomic E-state index is 13.5. The van der Waals surface area contributed by atoms with E-state index in [1.54, 1.807) is 16.6 Å². The van der Waals surface area contributed by atoms with Gasteiger partial charge in [0.1, 0.15) is 0 Å². The lowest BCUT2D eigenvalue weighted by molar-refractivity contribution is 0.0564. The smallest absolute Gasteiger partial charge is 0.333 e. The normalized spacial score (nSPS) is 29.3. The van der Waals surface area contributed by atoms with Gasteiger partial charge in [0, 0.05) is 47.7 Å². The summed E-state index contributed by atoms with van der Waals surface area (Å²) in [7, 11) is -3.53. The van der Waals surface area contributed by atoms with Gasteiger partial charge in [0.25, 0.3) is 0 Å². The molecule has 2 aromatic heterocycles. The van der Waals surface area contributed by atoms with Crippen LogP contribution in [0.15, 0.2) is 34.5 Å². The Kier molecular flexibility index (Phi) is 5.78. The zero-order valence-electron chi connectivity index (χ0n) is 18.9. The zero-order valence-corrected chi connectivity index (χ0v) is 20.5. The lowest BCUT2D eigenvalue weighted by atomic mass is 10.0. The molecule has 0 aliphatic carbocycles. The predicted octanol–water partition coefficient (Wildman–Crippen LogP) is 2.55. The van der Waals surface area contributed by atoms with E-state index in [4.69, 9.17) is 4.99 Å². The third-order valence-electron chi connectivity index (χ3n) is 7.39. The molecule has 2 aromatic rings. The van der Waals surface area contributed by atoms with Crippen LogP contribution in [-0.2, 0) is 10.0 Å². The Morgan fingerprint density at radius 2 is 2.00 bits per heavy atom. The van der Waals surface area contributed by atoms with Gasteiger partial charge < -0.3 is 10.0 Å². The minimum Gasteiger partial charge on any atom is -0.393 e. The van der Waals surface area contributed by atoms with Gasteiger partial charge in [-0.25, -0.2) is 18.1 Å². The van der Waals surface area contributed by atoms with Crippen molar-refractivity contribution in [1.82, 2.24) is 24.0 Å². The Morgan fingerprint density at radius 1 is 1.23 bits per heavy atom. The van der Waals surface area contributed by atoms with Crippen molar-refractivity contribution in [3.05, 3.63) is 40.2 Å². The SMILES string of the molecule is O=S(=O)(CC1CC2=C(c3ccn(C(F)F)n3)CN=C(c3nccs3)N2C1)N1C2CCC1CC(O)C2. The molecule has 2 bridgehead atoms. The van der Waals surface area contributed by atoms with E-state index in [1.807, 2.05) is 10.3 Å². The van der Waals surface area contributed by atoms with Crippen LogP contribution in [0.5, 0.6) is 0 Å². The van der Waals surface area contributed by atoms with Gasteiger partial charge in [0.2, 0.25) is 10.0 Å². The van der Waals surface area contributed by atoms with E-state index in [0.717, 1.165) is 29.1 Å². The van der Waals surface area contributed by atoms with Gasteiger partial charge in [-0.1, -0.05) is 0 Å². The molecule has 3 atom stereocenters. The standard InChI is InChI=1S/C22H26F2N6O3S2/c23-22(24)29-5-3-18(27-29)17-10-26-20(21-25-4-6-34-21)28-11-13(7-19(17)28)12-35(32,33)30-14-1-2-15(30)9-16(31)8-14/h3-6,13-16,22,31H,1-2,7-12H2. The fourth-order valence-corrected chi connectivity index (χ4v) is 8.99. The summed E-state index contributed by atoms with van der Waals surface area (Å²) in [5, 5.41) is 16.7. The van der Waals surface area contributed by atoms with Crippen molar-refractivity contribution >= 4 is 32.8 Å². The summed E-state index contributed by atoms with van der Waals surface area (Å²) < 4.78 is 55.6. The number of aliphatic imine (C=N–C) groups is 1. The van der Waals surface area contributed by atoms with Gasteiger partial charge in [-0.05, 0) is 44.1 Å². The summed E-state index contributed by atoms with van der Waals surface area (Å²) in [6, 6.07) is 1.30. The van der Waals surface area contributed by atoms with Crippen LogP contribution in [0.2, 0.25) is 0 Å². The number of fused-ring (bicyclic) bond motifs is 3. The van der Waals surface area contributed by atoms with Crippen molar-refractivity contribution in [1.29, 1.82) is 0 Å². The first-order valence-electron chi connectivity index (χ1n) is 11.8. The molecule has 9 nitrogen and oxygen atoms in total. The maximum atomic E-state index is 13.5. The van der Waals surface area contributed by atoms with Crippen LogP contribution in [0.1, 0.15) is 49.4 Å². The summed E-state index contributed by atoms with van der Waals surface area (Å²) in [6.07, 6.45) is 5.58. The van der Waals surface area contributed by atoms with Crippen LogP contribution in [0.3, 0.4) is 0 Å². The number of aliphatic hydroxyl groups excluding tert-OH is 1. The molecular formula is C22H26F2N6O3S2. The second-order valence-electron chi connectivity index (χ2n) is 9.66. The number of amidine groups is 1. The molecule has 0 saturated carbocycles. The number of nitrogens with zero attached hydrogens (tertiary/aromatic N) is 6. The summed E-state index contributed by atoms with van der Waals surface area (Å²) in [5.41, 5.74) is 2.05. The number of aliphatic hydroxyl groups is 1. The van der Waals surface area contributed by atoms with Gasteiger partial charge in [-0.15, -0.1) is 11.3 Å². The second-order valence-corrected chi connectivity index (χ2v) is 12.5. The van der Waals surface area contributed by atoms with Gasteiger partial charge in [0.05, 0.1) is 24.1 Å². The van der Waals surface area contributed by atoms with Crippen LogP contribution < -0.4 is 0 Å². The van der Waals surface area contributed by atoms with Crippen molar-refractivity contribution in [2.45, 2.75) is 56.8 Å². The van der Waals surface area contributed by atoms with E-state index in [0.29, 0.717) is 42.0 Å². The molecule has 3 unspecified atom stereocenters. The molecule has 3 saturated heterocycles. The second kappa shape index (κ2) is 8.71. The minimum absolute atomic E-state index is 0.00000115. The molecule has 4 aliphatic rings. The number of alkyl halides is 2. The molecule has 0 radical (unpaired) electrons. The quantitative estimate of drug-likeness (QED) is 0.623. The first-order chi connectivity index (χ1) is 16.8. The molecule has 1 N–H and O–H groups in total. The van der Waals surface area contributed by atoms with Crippen molar-refractivity contribution in [2.75, 3.05) is 18.8 Å². The summed E-state index contributed by atoms with van der Waals surface area (Å²) in [4.78, 5) is 11.1. The number of hydrogen-bond acceptors (Lipinski definition) is 8. The van der Waals surface area contributed by atoms with E-state index in [9.17, 15) is 22.3 Å². The minimum atomic E-state index is -3.53. The van der Waals surface area contributed by atoms with Gasteiger partial charge in [0.15, 0.2) is 10.8 Å². The number of piperidine rings is 1. The summed E-state index contributed by atoms with van der Waals surface area (Å²) >= 11 is 1.45. The predicted molar refractivity (Wildman–Crippen MR) is 126 cm³/mol. The molecule has 6 rings (SSSR count). The number of rotatable bonds is 6. The number of hydrogen-bond donors (Lipinski definition) is 1. The molecule has 0 aromatic carbocycles. The fourth-order valence-electron chi connectivity index (χ4n) is 6.06. The lowest BCUT2D eigenvalue weighted by Gasteiger charge is -2.36. The number of allylic oxidation sites excluding steroid dienone is 1. The molecule has 4 aliphatic heterocycles. The third kappa shape index (κ3) is 4.11. The highest BCUT2D eigenvalue weighted by Gasteiger charge is 2.48. The van der Waals surface area contributed by atoms with E-state index in [1.165, 1.54) is 17.5 Å². The molecule has 35 heavy (non-hydrogen) atoms. The highest BCUT2D eigenvalue weighted by Crippen LogP contribution is 2.41. The van der Waals surface area contributed by atoms with E-state index >= 15 is 0 Å². The number of sulfonamides is 1. The molecule has 0 amide bonds. The van der Waals surface area contributed by atoms with Crippen LogP contribution in [-0.4, -0.2) is 80.4 Å². The Morgan fingerprint density at radius 3 is 2.66 bits per heavy atom. The van der Waals surface area contributed by atoms with Crippen molar-refractivity contribution in [2.24, 2.45) is 10.9 Å². The van der Waals surface area contributed by atoms with Crippen LogP contribution in [0.4, 0.5) is 8.78 Å². The van der Waals surface area contributed by atoms with E-state index in [2.05, 4.69) is 10.1 Å². The molecule has 13 heteroatoms. The highest BCUT2D eigenvalue weighted by atomic mass is 32.2. The number of aromatic nitrogens is 3. The van der Waals surface area contributed by atoms with E-state index in [-0.39, 0.29) is 30.3 Å². The lowest BCUT2D eigenvalue weighted by Crippen LogP contribution is -2.49. The highest BCUT2D eigenvalue weighted by molar-refractivity contribution is 7.89. The maximum Gasteiger partial charge on any atom is 0.333 e. The molecule has 6 heterocycles. The summed E-state index contributed by atoms with van der Waals surface area (Å²) in [6.45, 7) is -2.00. The monoisotopic (exact) mass is 524 g/mol. The molecule has 188 valence electrons. The topological polar surface area (TPSA) is 104 Å².